The number of benzene rings is 1. The van der Waals surface area contributed by atoms with Gasteiger partial charge in [-0.1, -0.05) is 0 Å². The van der Waals surface area contributed by atoms with Crippen LogP contribution < -0.4 is 16.2 Å². The fourth-order valence-electron chi connectivity index (χ4n) is 1.09. The van der Waals surface area contributed by atoms with Crippen molar-refractivity contribution in [3.8, 4) is 0 Å². The summed E-state index contributed by atoms with van der Waals surface area (Å²) in [5.41, 5.74) is 4.59. The quantitative estimate of drug-likeness (QED) is 0.407. The summed E-state index contributed by atoms with van der Waals surface area (Å²) in [6.45, 7) is 1.27. The Morgan fingerprint density at radius 2 is 1.79 bits per heavy atom. The molecule has 0 bridgehead atoms. The smallest absolute Gasteiger partial charge is 0.269 e. The minimum absolute atomic E-state index is 0.0847. The lowest BCUT2D eigenvalue weighted by molar-refractivity contribution is -0.384. The lowest BCUT2D eigenvalue weighted by Gasteiger charge is -2.09. The van der Waals surface area contributed by atoms with Gasteiger partial charge in [-0.25, -0.2) is 0 Å². The highest BCUT2D eigenvalue weighted by molar-refractivity contribution is 7.80. The zero-order valence-corrected chi connectivity index (χ0v) is 10.6. The van der Waals surface area contributed by atoms with E-state index < -0.39 is 10.8 Å². The third kappa shape index (κ3) is 4.68. The number of rotatable bonds is 2. The van der Waals surface area contributed by atoms with E-state index in [4.69, 9.17) is 12.2 Å². The fourth-order valence-corrected chi connectivity index (χ4v) is 1.23. The maximum atomic E-state index is 11.7. The summed E-state index contributed by atoms with van der Waals surface area (Å²) in [5.74, 6) is -0.912. The fraction of sp³-hybridized carbons (Fsp3) is 0.100. The molecule has 2 amide bonds. The summed E-state index contributed by atoms with van der Waals surface area (Å²) in [4.78, 5) is 32.1. The van der Waals surface area contributed by atoms with E-state index in [-0.39, 0.29) is 22.3 Å². The van der Waals surface area contributed by atoms with Crippen LogP contribution in [0.4, 0.5) is 5.69 Å². The number of nitro benzene ring substituents is 1. The molecule has 0 aliphatic carbocycles. The summed E-state index contributed by atoms with van der Waals surface area (Å²) in [6, 6.07) is 5.02. The number of nitrogens with zero attached hydrogens (tertiary/aromatic N) is 1. The first kappa shape index (κ1) is 14.5. The van der Waals surface area contributed by atoms with E-state index in [0.717, 1.165) is 0 Å². The first-order valence-corrected chi connectivity index (χ1v) is 5.43. The average Bonchev–Trinajstić information content (AvgIpc) is 2.36. The molecule has 8 nitrogen and oxygen atoms in total. The Morgan fingerprint density at radius 3 is 2.26 bits per heavy atom. The summed E-state index contributed by atoms with van der Waals surface area (Å²) in [5, 5.41) is 12.7. The molecule has 0 atom stereocenters. The minimum Gasteiger partial charge on any atom is -0.298 e. The van der Waals surface area contributed by atoms with Crippen LogP contribution in [0.15, 0.2) is 24.3 Å². The van der Waals surface area contributed by atoms with Gasteiger partial charge < -0.3 is 0 Å². The van der Waals surface area contributed by atoms with Crippen LogP contribution in [0.1, 0.15) is 17.3 Å². The molecule has 0 spiro atoms. The third-order valence-electron chi connectivity index (χ3n) is 1.92. The van der Waals surface area contributed by atoms with Gasteiger partial charge in [0.25, 0.3) is 11.6 Å². The van der Waals surface area contributed by atoms with Gasteiger partial charge in [-0.15, -0.1) is 0 Å². The second-order valence-corrected chi connectivity index (χ2v) is 3.80. The number of carbonyl (C=O) groups excluding carboxylic acids is 2. The molecular formula is C10H10N4O4S. The number of amides is 2. The molecule has 1 rings (SSSR count). The van der Waals surface area contributed by atoms with Crippen LogP contribution in [-0.2, 0) is 4.79 Å². The van der Waals surface area contributed by atoms with Crippen molar-refractivity contribution in [1.82, 2.24) is 16.2 Å². The second kappa shape index (κ2) is 6.40. The number of hydrogen-bond acceptors (Lipinski definition) is 5. The van der Waals surface area contributed by atoms with Gasteiger partial charge in [0.1, 0.15) is 0 Å². The van der Waals surface area contributed by atoms with Crippen LogP contribution in [0.2, 0.25) is 0 Å². The van der Waals surface area contributed by atoms with Gasteiger partial charge in [-0.2, -0.15) is 0 Å². The van der Waals surface area contributed by atoms with E-state index in [1.807, 2.05) is 0 Å². The zero-order valence-electron chi connectivity index (χ0n) is 9.80. The van der Waals surface area contributed by atoms with Gasteiger partial charge in [0.05, 0.1) is 4.92 Å². The van der Waals surface area contributed by atoms with Gasteiger partial charge in [0.2, 0.25) is 5.91 Å². The van der Waals surface area contributed by atoms with Crippen molar-refractivity contribution < 1.29 is 14.5 Å². The summed E-state index contributed by atoms with van der Waals surface area (Å²) < 4.78 is 0. The van der Waals surface area contributed by atoms with Gasteiger partial charge >= 0.3 is 0 Å². The van der Waals surface area contributed by atoms with Gasteiger partial charge in [0.15, 0.2) is 5.11 Å². The SMILES string of the molecule is CC(=O)NNC(=S)NC(=O)c1ccc([N+](=O)[O-])cc1. The van der Waals surface area contributed by atoms with Crippen LogP contribution in [0.3, 0.4) is 0 Å². The normalized spacial score (nSPS) is 9.32. The van der Waals surface area contributed by atoms with E-state index in [0.29, 0.717) is 0 Å². The van der Waals surface area contributed by atoms with Crippen LogP contribution in [0, 0.1) is 10.1 Å². The second-order valence-electron chi connectivity index (χ2n) is 3.39. The Balaban J connectivity index is 2.60. The van der Waals surface area contributed by atoms with Crippen molar-refractivity contribution >= 4 is 34.8 Å². The van der Waals surface area contributed by atoms with Gasteiger partial charge in [-0.3, -0.25) is 35.9 Å². The molecule has 3 N–H and O–H groups in total. The Morgan fingerprint density at radius 1 is 1.21 bits per heavy atom. The van der Waals surface area contributed by atoms with Crippen LogP contribution in [0.25, 0.3) is 0 Å². The Hall–Kier alpha value is -2.55. The molecule has 0 fully saturated rings. The number of hydrazine groups is 1. The van der Waals surface area contributed by atoms with Crippen LogP contribution in [0.5, 0.6) is 0 Å². The van der Waals surface area contributed by atoms with Crippen molar-refractivity contribution in [3.05, 3.63) is 39.9 Å². The first-order valence-electron chi connectivity index (χ1n) is 5.02. The first-order chi connectivity index (χ1) is 8.90. The van der Waals surface area contributed by atoms with E-state index in [1.54, 1.807) is 0 Å². The highest BCUT2D eigenvalue weighted by Crippen LogP contribution is 2.11. The molecule has 0 radical (unpaired) electrons. The molecule has 0 aliphatic rings. The molecule has 9 heteroatoms. The third-order valence-corrected chi connectivity index (χ3v) is 2.12. The number of non-ortho nitro benzene ring substituents is 1. The van der Waals surface area contributed by atoms with E-state index in [1.165, 1.54) is 31.2 Å². The molecular weight excluding hydrogens is 272 g/mol. The molecule has 1 aromatic carbocycles. The number of carbonyl (C=O) groups is 2. The van der Waals surface area contributed by atoms with Crippen LogP contribution in [-0.4, -0.2) is 21.9 Å². The molecule has 19 heavy (non-hydrogen) atoms. The highest BCUT2D eigenvalue weighted by Gasteiger charge is 2.10. The number of hydrogen-bond donors (Lipinski definition) is 3. The maximum Gasteiger partial charge on any atom is 0.269 e. The summed E-state index contributed by atoms with van der Waals surface area (Å²) in [6.07, 6.45) is 0. The van der Waals surface area contributed by atoms with E-state index >= 15 is 0 Å². The number of nitro groups is 1. The predicted octanol–water partition coefficient (Wildman–Crippen LogP) is 0.250. The number of thiocarbonyl (C=S) groups is 1. The van der Waals surface area contributed by atoms with Crippen molar-refractivity contribution in [3.63, 3.8) is 0 Å². The molecule has 0 aromatic heterocycles. The maximum absolute atomic E-state index is 11.7. The molecule has 0 aliphatic heterocycles. The van der Waals surface area contributed by atoms with E-state index in [2.05, 4.69) is 16.2 Å². The predicted molar refractivity (Wildman–Crippen MR) is 70.1 cm³/mol. The molecule has 0 heterocycles. The Bertz CT molecular complexity index is 529. The van der Waals surface area contributed by atoms with Gasteiger partial charge in [0, 0.05) is 24.6 Å². The highest BCUT2D eigenvalue weighted by atomic mass is 32.1. The standard InChI is InChI=1S/C10H10N4O4S/c1-6(15)12-13-10(19)11-9(16)7-2-4-8(5-3-7)14(17)18/h2-5H,1H3,(H,12,15)(H2,11,13,16,19). The summed E-state index contributed by atoms with van der Waals surface area (Å²) in [7, 11) is 0. The monoisotopic (exact) mass is 282 g/mol. The lowest BCUT2D eigenvalue weighted by atomic mass is 10.2. The summed E-state index contributed by atoms with van der Waals surface area (Å²) >= 11 is 4.75. The van der Waals surface area contributed by atoms with Crippen molar-refractivity contribution in [2.45, 2.75) is 6.92 Å². The molecule has 1 aromatic rings. The van der Waals surface area contributed by atoms with Crippen LogP contribution >= 0.6 is 12.2 Å². The lowest BCUT2D eigenvalue weighted by Crippen LogP contribution is -2.47. The zero-order chi connectivity index (χ0) is 14.4. The van der Waals surface area contributed by atoms with Crippen molar-refractivity contribution in [2.24, 2.45) is 0 Å². The molecule has 0 saturated carbocycles. The average molecular weight is 282 g/mol. The minimum atomic E-state index is -0.565. The van der Waals surface area contributed by atoms with Crippen molar-refractivity contribution in [2.75, 3.05) is 0 Å². The molecule has 100 valence electrons. The topological polar surface area (TPSA) is 113 Å². The van der Waals surface area contributed by atoms with E-state index in [9.17, 15) is 19.7 Å². The number of nitrogens with one attached hydrogen (secondary N) is 3. The molecule has 0 unspecified atom stereocenters. The van der Waals surface area contributed by atoms with Gasteiger partial charge in [-0.05, 0) is 24.4 Å². The largest absolute Gasteiger partial charge is 0.298 e. The van der Waals surface area contributed by atoms with Crippen molar-refractivity contribution in [1.29, 1.82) is 0 Å². The Labute approximate surface area is 113 Å². The molecule has 0 saturated heterocycles. The Kier molecular flexibility index (Phi) is 4.89.